The van der Waals surface area contributed by atoms with E-state index in [9.17, 15) is 0 Å². The molecule has 1 aliphatic heterocycles. The minimum absolute atomic E-state index is 0.105. The summed E-state index contributed by atoms with van der Waals surface area (Å²) in [5.41, 5.74) is 8.97. The largest absolute Gasteiger partial charge is 0.356 e. The van der Waals surface area contributed by atoms with Gasteiger partial charge in [-0.25, -0.2) is 9.97 Å². The van der Waals surface area contributed by atoms with Gasteiger partial charge >= 0.3 is 0 Å². The summed E-state index contributed by atoms with van der Waals surface area (Å²) in [6, 6.07) is -0.105. The van der Waals surface area contributed by atoms with E-state index >= 15 is 0 Å². The van der Waals surface area contributed by atoms with Crippen LogP contribution < -0.4 is 10.6 Å². The molecule has 3 rings (SSSR count). The van der Waals surface area contributed by atoms with Crippen LogP contribution >= 0.6 is 0 Å². The number of fused-ring (bicyclic) bond motifs is 1. The van der Waals surface area contributed by atoms with Crippen molar-refractivity contribution in [2.45, 2.75) is 51.0 Å². The first-order chi connectivity index (χ1) is 10.6. The second-order valence-corrected chi connectivity index (χ2v) is 6.95. The molecule has 1 fully saturated rings. The van der Waals surface area contributed by atoms with Gasteiger partial charge in [0.1, 0.15) is 11.6 Å². The van der Waals surface area contributed by atoms with Crippen molar-refractivity contribution in [1.29, 1.82) is 0 Å². The Kier molecular flexibility index (Phi) is 4.93. The van der Waals surface area contributed by atoms with Crippen LogP contribution in [-0.2, 0) is 12.8 Å². The van der Waals surface area contributed by atoms with Gasteiger partial charge in [0, 0.05) is 30.9 Å². The Morgan fingerprint density at radius 1 is 1.05 bits per heavy atom. The first-order valence-electron chi connectivity index (χ1n) is 8.70. The molecule has 22 heavy (non-hydrogen) atoms. The fourth-order valence-electron chi connectivity index (χ4n) is 3.62. The highest BCUT2D eigenvalue weighted by molar-refractivity contribution is 5.51. The molecule has 0 saturated carbocycles. The molecule has 1 saturated heterocycles. The lowest BCUT2D eigenvalue weighted by atomic mass is 10.2. The van der Waals surface area contributed by atoms with Crippen molar-refractivity contribution in [1.82, 2.24) is 14.9 Å². The summed E-state index contributed by atoms with van der Waals surface area (Å²) in [5.74, 6) is 2.02. The molecule has 122 valence electrons. The van der Waals surface area contributed by atoms with E-state index in [0.29, 0.717) is 0 Å². The van der Waals surface area contributed by atoms with Crippen molar-refractivity contribution >= 4 is 5.82 Å². The van der Waals surface area contributed by atoms with Crippen molar-refractivity contribution in [2.75, 3.05) is 38.6 Å². The normalized spacial score (nSPS) is 20.1. The van der Waals surface area contributed by atoms with Gasteiger partial charge in [-0.2, -0.15) is 0 Å². The van der Waals surface area contributed by atoms with E-state index in [1.54, 1.807) is 0 Å². The zero-order valence-corrected chi connectivity index (χ0v) is 14.0. The van der Waals surface area contributed by atoms with Crippen LogP contribution in [0.5, 0.6) is 0 Å². The van der Waals surface area contributed by atoms with Gasteiger partial charge in [0.25, 0.3) is 0 Å². The van der Waals surface area contributed by atoms with E-state index in [0.717, 1.165) is 38.3 Å². The molecule has 5 heteroatoms. The summed E-state index contributed by atoms with van der Waals surface area (Å²) in [6.45, 7) is 3.05. The van der Waals surface area contributed by atoms with Crippen LogP contribution in [0.25, 0.3) is 0 Å². The van der Waals surface area contributed by atoms with Crippen molar-refractivity contribution in [3.63, 3.8) is 0 Å². The molecule has 0 aromatic carbocycles. The average molecular weight is 303 g/mol. The van der Waals surface area contributed by atoms with Crippen molar-refractivity contribution in [3.05, 3.63) is 17.1 Å². The zero-order chi connectivity index (χ0) is 15.5. The lowest BCUT2D eigenvalue weighted by molar-refractivity contribution is 0.369. The van der Waals surface area contributed by atoms with Gasteiger partial charge in [0.05, 0.1) is 6.04 Å². The Morgan fingerprint density at radius 3 is 2.45 bits per heavy atom. The summed E-state index contributed by atoms with van der Waals surface area (Å²) in [4.78, 5) is 14.3. The Balaban J connectivity index is 1.92. The van der Waals surface area contributed by atoms with Crippen LogP contribution in [0.15, 0.2) is 0 Å². The molecule has 1 unspecified atom stereocenters. The molecule has 1 aromatic heterocycles. The molecule has 2 heterocycles. The first kappa shape index (κ1) is 15.7. The van der Waals surface area contributed by atoms with E-state index in [1.165, 1.54) is 49.2 Å². The van der Waals surface area contributed by atoms with Crippen molar-refractivity contribution < 1.29 is 0 Å². The minimum atomic E-state index is -0.105. The van der Waals surface area contributed by atoms with Crippen LogP contribution in [0.2, 0.25) is 0 Å². The SMILES string of the molecule is CN(C)CC(N)c1nc2c(c(N3CCCCCC3)n1)CCC2. The Hall–Kier alpha value is -1.20. The summed E-state index contributed by atoms with van der Waals surface area (Å²) in [7, 11) is 4.09. The van der Waals surface area contributed by atoms with Crippen LogP contribution in [0.1, 0.15) is 55.2 Å². The molecule has 2 N–H and O–H groups in total. The first-order valence-corrected chi connectivity index (χ1v) is 8.70. The summed E-state index contributed by atoms with van der Waals surface area (Å²) >= 11 is 0. The molecular formula is C17H29N5. The molecule has 1 atom stereocenters. The van der Waals surface area contributed by atoms with Gasteiger partial charge in [-0.1, -0.05) is 12.8 Å². The van der Waals surface area contributed by atoms with Crippen molar-refractivity contribution in [3.8, 4) is 0 Å². The standard InChI is InChI=1S/C17H29N5/c1-21(2)12-14(18)16-19-15-9-7-8-13(15)17(20-16)22-10-5-3-4-6-11-22/h14H,3-12,18H2,1-2H3. The number of anilines is 1. The highest BCUT2D eigenvalue weighted by Crippen LogP contribution is 2.31. The second-order valence-electron chi connectivity index (χ2n) is 6.95. The molecule has 1 aromatic rings. The lowest BCUT2D eigenvalue weighted by Crippen LogP contribution is -2.31. The third-order valence-electron chi connectivity index (χ3n) is 4.73. The average Bonchev–Trinajstić information content (AvgIpc) is 2.79. The highest BCUT2D eigenvalue weighted by Gasteiger charge is 2.25. The number of hydrogen-bond donors (Lipinski definition) is 1. The number of hydrogen-bond acceptors (Lipinski definition) is 5. The Bertz CT molecular complexity index is 506. The van der Waals surface area contributed by atoms with E-state index in [1.807, 2.05) is 14.1 Å². The number of nitrogens with two attached hydrogens (primary N) is 1. The van der Waals surface area contributed by atoms with Gasteiger partial charge in [0.2, 0.25) is 0 Å². The molecular weight excluding hydrogens is 274 g/mol. The van der Waals surface area contributed by atoms with E-state index in [-0.39, 0.29) is 6.04 Å². The molecule has 2 aliphatic rings. The predicted molar refractivity (Wildman–Crippen MR) is 90.2 cm³/mol. The van der Waals surface area contributed by atoms with Crippen molar-refractivity contribution in [2.24, 2.45) is 5.73 Å². The maximum absolute atomic E-state index is 6.33. The lowest BCUT2D eigenvalue weighted by Gasteiger charge is -2.25. The number of likely N-dealkylation sites (N-methyl/N-ethyl adjacent to an activating group) is 1. The molecule has 0 spiro atoms. The predicted octanol–water partition coefficient (Wildman–Crippen LogP) is 1.91. The third-order valence-corrected chi connectivity index (χ3v) is 4.73. The smallest absolute Gasteiger partial charge is 0.149 e. The molecule has 0 amide bonds. The summed E-state index contributed by atoms with van der Waals surface area (Å²) < 4.78 is 0. The van der Waals surface area contributed by atoms with Crippen LogP contribution in [-0.4, -0.2) is 48.6 Å². The molecule has 0 bridgehead atoms. The van der Waals surface area contributed by atoms with Crippen LogP contribution in [0.3, 0.4) is 0 Å². The van der Waals surface area contributed by atoms with Crippen LogP contribution in [0.4, 0.5) is 5.82 Å². The van der Waals surface area contributed by atoms with Gasteiger partial charge in [-0.05, 0) is 46.2 Å². The van der Waals surface area contributed by atoms with Crippen LogP contribution in [0, 0.1) is 0 Å². The number of rotatable bonds is 4. The maximum atomic E-state index is 6.33. The molecule has 1 aliphatic carbocycles. The van der Waals surface area contributed by atoms with Gasteiger partial charge in [-0.3, -0.25) is 0 Å². The molecule has 5 nitrogen and oxygen atoms in total. The fraction of sp³-hybridized carbons (Fsp3) is 0.765. The number of aromatic nitrogens is 2. The quantitative estimate of drug-likeness (QED) is 0.921. The molecule has 0 radical (unpaired) electrons. The highest BCUT2D eigenvalue weighted by atomic mass is 15.2. The number of nitrogens with zero attached hydrogens (tertiary/aromatic N) is 4. The topological polar surface area (TPSA) is 58.3 Å². The van der Waals surface area contributed by atoms with Gasteiger partial charge < -0.3 is 15.5 Å². The fourth-order valence-corrected chi connectivity index (χ4v) is 3.62. The summed E-state index contributed by atoms with van der Waals surface area (Å²) in [6.07, 6.45) is 8.66. The monoisotopic (exact) mass is 303 g/mol. The minimum Gasteiger partial charge on any atom is -0.356 e. The van der Waals surface area contributed by atoms with E-state index in [4.69, 9.17) is 15.7 Å². The number of aryl methyl sites for hydroxylation is 1. The maximum Gasteiger partial charge on any atom is 0.149 e. The Morgan fingerprint density at radius 2 is 1.77 bits per heavy atom. The third kappa shape index (κ3) is 3.41. The van der Waals surface area contributed by atoms with Gasteiger partial charge in [0.15, 0.2) is 0 Å². The Labute approximate surface area is 133 Å². The zero-order valence-electron chi connectivity index (χ0n) is 14.0. The van der Waals surface area contributed by atoms with Gasteiger partial charge in [-0.15, -0.1) is 0 Å². The van der Waals surface area contributed by atoms with E-state index in [2.05, 4.69) is 9.80 Å². The summed E-state index contributed by atoms with van der Waals surface area (Å²) in [5, 5.41) is 0. The van der Waals surface area contributed by atoms with E-state index < -0.39 is 0 Å². The second kappa shape index (κ2) is 6.92.